The predicted octanol–water partition coefficient (Wildman–Crippen LogP) is 5.12. The number of imidazole rings is 1. The molecule has 5 heteroatoms. The van der Waals surface area contributed by atoms with Crippen molar-refractivity contribution >= 4 is 35.1 Å². The van der Waals surface area contributed by atoms with Crippen molar-refractivity contribution in [3.63, 3.8) is 0 Å². The van der Waals surface area contributed by atoms with E-state index in [4.69, 9.17) is 11.6 Å². The van der Waals surface area contributed by atoms with Gasteiger partial charge in [-0.15, -0.1) is 23.5 Å². The zero-order valence-corrected chi connectivity index (χ0v) is 15.1. The van der Waals surface area contributed by atoms with Gasteiger partial charge in [-0.25, -0.2) is 4.98 Å². The lowest BCUT2D eigenvalue weighted by Crippen LogP contribution is -2.35. The van der Waals surface area contributed by atoms with E-state index >= 15 is 0 Å². The maximum atomic E-state index is 6.42. The summed E-state index contributed by atoms with van der Waals surface area (Å²) in [6.07, 6.45) is 9.38. The molecule has 2 aromatic rings. The van der Waals surface area contributed by atoms with Crippen LogP contribution in [-0.4, -0.2) is 24.6 Å². The van der Waals surface area contributed by atoms with E-state index in [2.05, 4.69) is 58.3 Å². The smallest absolute Gasteiger partial charge is 0.0946 e. The van der Waals surface area contributed by atoms with E-state index < -0.39 is 0 Å². The fourth-order valence-electron chi connectivity index (χ4n) is 2.88. The van der Waals surface area contributed by atoms with E-state index in [9.17, 15) is 0 Å². The Hall–Kier alpha value is -0.580. The second-order valence-corrected chi connectivity index (χ2v) is 9.53. The number of hydrogen-bond donors (Lipinski definition) is 0. The van der Waals surface area contributed by atoms with Gasteiger partial charge in [-0.2, -0.15) is 0 Å². The zero-order valence-electron chi connectivity index (χ0n) is 12.7. The van der Waals surface area contributed by atoms with Gasteiger partial charge in [0.2, 0.25) is 0 Å². The highest BCUT2D eigenvalue weighted by Crippen LogP contribution is 2.50. The van der Waals surface area contributed by atoms with Crippen LogP contribution >= 0.6 is 35.1 Å². The van der Waals surface area contributed by atoms with Crippen LogP contribution in [0.4, 0.5) is 0 Å². The summed E-state index contributed by atoms with van der Waals surface area (Å²) in [5.74, 6) is 1.23. The number of thioether (sulfide) groups is 2. The van der Waals surface area contributed by atoms with Crippen molar-refractivity contribution in [2.75, 3.05) is 5.75 Å². The third-order valence-corrected chi connectivity index (χ3v) is 7.90. The number of hydrogen-bond acceptors (Lipinski definition) is 3. The molecule has 0 amide bonds. The van der Waals surface area contributed by atoms with Gasteiger partial charge in [0.25, 0.3) is 0 Å². The Labute approximate surface area is 146 Å². The van der Waals surface area contributed by atoms with Gasteiger partial charge in [-0.05, 0) is 36.6 Å². The van der Waals surface area contributed by atoms with Gasteiger partial charge >= 0.3 is 0 Å². The van der Waals surface area contributed by atoms with Crippen LogP contribution in [0.3, 0.4) is 0 Å². The average molecular weight is 353 g/mol. The molecule has 0 saturated carbocycles. The minimum atomic E-state index is 0.143. The molecule has 0 aliphatic carbocycles. The normalized spacial score (nSPS) is 25.3. The molecule has 1 aromatic heterocycles. The van der Waals surface area contributed by atoms with Crippen LogP contribution < -0.4 is 0 Å². The number of nitrogens with zero attached hydrogens (tertiary/aromatic N) is 2. The summed E-state index contributed by atoms with van der Waals surface area (Å²) < 4.78 is 2.35. The molecular formula is C17H21ClN2S2. The summed E-state index contributed by atoms with van der Waals surface area (Å²) >= 11 is 10.6. The molecule has 0 N–H and O–H groups in total. The summed E-state index contributed by atoms with van der Waals surface area (Å²) in [5.41, 5.74) is 1.25. The average Bonchev–Trinajstić information content (AvgIpc) is 3.02. The van der Waals surface area contributed by atoms with Gasteiger partial charge in [-0.1, -0.05) is 36.7 Å². The molecule has 2 nitrogen and oxygen atoms in total. The summed E-state index contributed by atoms with van der Waals surface area (Å²) in [5, 5.41) is 1.62. The van der Waals surface area contributed by atoms with Crippen molar-refractivity contribution in [1.82, 2.24) is 9.55 Å². The van der Waals surface area contributed by atoms with Gasteiger partial charge < -0.3 is 4.57 Å². The monoisotopic (exact) mass is 352 g/mol. The Kier molecular flexibility index (Phi) is 5.42. The number of aromatic nitrogens is 2. The Morgan fingerprint density at radius 1 is 1.41 bits per heavy atom. The number of benzene rings is 1. The maximum absolute atomic E-state index is 6.42. The van der Waals surface area contributed by atoms with Gasteiger partial charge in [0, 0.05) is 29.2 Å². The summed E-state index contributed by atoms with van der Waals surface area (Å²) in [6, 6.07) is 8.25. The standard InChI is InChI=1S/C17H21ClN2S2/c1-2-15-7-10-21-17(22-15,12-20-9-8-19-13-20)11-14-5-3-4-6-16(14)18/h3-6,8-9,13,15H,2,7,10-12H2,1H3. The molecule has 2 atom stereocenters. The Bertz CT molecular complexity index is 602. The molecule has 1 aliphatic heterocycles. The molecule has 2 heterocycles. The molecule has 118 valence electrons. The minimum absolute atomic E-state index is 0.143. The second-order valence-electron chi connectivity index (χ2n) is 5.70. The molecule has 2 unspecified atom stereocenters. The lowest BCUT2D eigenvalue weighted by atomic mass is 10.1. The summed E-state index contributed by atoms with van der Waals surface area (Å²) in [7, 11) is 0. The van der Waals surface area contributed by atoms with Gasteiger partial charge in [0.05, 0.1) is 10.4 Å². The Morgan fingerprint density at radius 3 is 3.00 bits per heavy atom. The third-order valence-electron chi connectivity index (χ3n) is 4.04. The fraction of sp³-hybridized carbons (Fsp3) is 0.471. The fourth-order valence-corrected chi connectivity index (χ4v) is 6.91. The van der Waals surface area contributed by atoms with Crippen molar-refractivity contribution in [2.45, 2.75) is 42.1 Å². The van der Waals surface area contributed by atoms with Crippen LogP contribution in [0.2, 0.25) is 5.02 Å². The van der Waals surface area contributed by atoms with Crippen molar-refractivity contribution in [3.8, 4) is 0 Å². The molecule has 1 aliphatic rings. The molecule has 0 spiro atoms. The van der Waals surface area contributed by atoms with Crippen LogP contribution in [0.5, 0.6) is 0 Å². The molecule has 1 aromatic carbocycles. The lowest BCUT2D eigenvalue weighted by molar-refractivity contribution is 0.608. The number of halogens is 1. The summed E-state index contributed by atoms with van der Waals surface area (Å²) in [6.45, 7) is 3.27. The van der Waals surface area contributed by atoms with E-state index in [1.165, 1.54) is 24.2 Å². The van der Waals surface area contributed by atoms with Crippen molar-refractivity contribution < 1.29 is 0 Å². The molecule has 1 saturated heterocycles. The number of rotatable bonds is 5. The molecule has 1 fully saturated rings. The Balaban J connectivity index is 1.87. The zero-order chi connectivity index (χ0) is 15.4. The first kappa shape index (κ1) is 16.3. The van der Waals surface area contributed by atoms with Crippen molar-refractivity contribution in [2.24, 2.45) is 0 Å². The molecule has 0 bridgehead atoms. The first-order chi connectivity index (χ1) is 10.7. The van der Waals surface area contributed by atoms with Crippen LogP contribution in [0, 0.1) is 0 Å². The van der Waals surface area contributed by atoms with Gasteiger partial charge in [0.1, 0.15) is 0 Å². The quantitative estimate of drug-likeness (QED) is 0.743. The molecular weight excluding hydrogens is 332 g/mol. The first-order valence-corrected chi connectivity index (χ1v) is 9.96. The largest absolute Gasteiger partial charge is 0.335 e. The predicted molar refractivity (Wildman–Crippen MR) is 98.9 cm³/mol. The van der Waals surface area contributed by atoms with Gasteiger partial charge in [0.15, 0.2) is 0 Å². The van der Waals surface area contributed by atoms with Crippen molar-refractivity contribution in [3.05, 3.63) is 53.6 Å². The van der Waals surface area contributed by atoms with E-state index in [0.29, 0.717) is 0 Å². The highest BCUT2D eigenvalue weighted by molar-refractivity contribution is 8.19. The van der Waals surface area contributed by atoms with E-state index in [-0.39, 0.29) is 4.08 Å². The third kappa shape index (κ3) is 3.84. The second kappa shape index (κ2) is 7.33. The van der Waals surface area contributed by atoms with Crippen LogP contribution in [-0.2, 0) is 13.0 Å². The van der Waals surface area contributed by atoms with E-state index in [1.54, 1.807) is 0 Å². The highest BCUT2D eigenvalue weighted by atomic mass is 35.5. The van der Waals surface area contributed by atoms with Crippen LogP contribution in [0.15, 0.2) is 43.0 Å². The van der Waals surface area contributed by atoms with Crippen LogP contribution in [0.1, 0.15) is 25.3 Å². The minimum Gasteiger partial charge on any atom is -0.335 e. The topological polar surface area (TPSA) is 17.8 Å². The lowest BCUT2D eigenvalue weighted by Gasteiger charge is -2.40. The molecule has 22 heavy (non-hydrogen) atoms. The van der Waals surface area contributed by atoms with Crippen molar-refractivity contribution in [1.29, 1.82) is 0 Å². The van der Waals surface area contributed by atoms with Gasteiger partial charge in [-0.3, -0.25) is 0 Å². The van der Waals surface area contributed by atoms with Crippen LogP contribution in [0.25, 0.3) is 0 Å². The SMILES string of the molecule is CCC1CCSC(Cc2ccccc2Cl)(Cn2ccnc2)S1. The molecule has 0 radical (unpaired) electrons. The highest BCUT2D eigenvalue weighted by Gasteiger charge is 2.38. The van der Waals surface area contributed by atoms with E-state index in [0.717, 1.165) is 23.2 Å². The Morgan fingerprint density at radius 2 is 2.27 bits per heavy atom. The first-order valence-electron chi connectivity index (χ1n) is 7.72. The molecule has 3 rings (SSSR count). The maximum Gasteiger partial charge on any atom is 0.0946 e. The summed E-state index contributed by atoms with van der Waals surface area (Å²) in [4.78, 5) is 4.20. The van der Waals surface area contributed by atoms with E-state index in [1.807, 2.05) is 24.7 Å².